The fourth-order valence-corrected chi connectivity index (χ4v) is 2.93. The van der Waals surface area contributed by atoms with Gasteiger partial charge in [0.1, 0.15) is 12.3 Å². The first-order valence-electron chi connectivity index (χ1n) is 8.79. The number of aromatic nitrogens is 4. The lowest BCUT2D eigenvalue weighted by Crippen LogP contribution is -2.29. The van der Waals surface area contributed by atoms with Gasteiger partial charge >= 0.3 is 0 Å². The van der Waals surface area contributed by atoms with Crippen LogP contribution in [0.3, 0.4) is 0 Å². The lowest BCUT2D eigenvalue weighted by molar-refractivity contribution is 0.0957. The van der Waals surface area contributed by atoms with Gasteiger partial charge in [0.05, 0.1) is 12.5 Å². The summed E-state index contributed by atoms with van der Waals surface area (Å²) in [7, 11) is 3.09. The molecule has 0 fully saturated rings. The second-order valence-electron chi connectivity index (χ2n) is 6.18. The van der Waals surface area contributed by atoms with Crippen molar-refractivity contribution < 1.29 is 14.1 Å². The highest BCUT2D eigenvalue weighted by Crippen LogP contribution is 2.21. The van der Waals surface area contributed by atoms with Crippen molar-refractivity contribution in [1.82, 2.24) is 25.2 Å². The van der Waals surface area contributed by atoms with Crippen molar-refractivity contribution in [1.29, 1.82) is 0 Å². The van der Waals surface area contributed by atoms with Crippen LogP contribution in [-0.4, -0.2) is 40.0 Å². The summed E-state index contributed by atoms with van der Waals surface area (Å²) in [4.78, 5) is 29.4. The van der Waals surface area contributed by atoms with Crippen molar-refractivity contribution in [3.8, 4) is 17.2 Å². The third kappa shape index (κ3) is 3.45. The van der Waals surface area contributed by atoms with E-state index >= 15 is 0 Å². The van der Waals surface area contributed by atoms with Crippen molar-refractivity contribution in [3.63, 3.8) is 0 Å². The number of hydrogen-bond acceptors (Lipinski definition) is 7. The number of amides is 1. The number of benzene rings is 2. The molecule has 1 amide bonds. The maximum atomic E-state index is 12.8. The fraction of sp³-hybridized carbons (Fsp3) is 0.150. The minimum Gasteiger partial charge on any atom is -0.497 e. The van der Waals surface area contributed by atoms with E-state index in [2.05, 4.69) is 20.6 Å². The normalized spacial score (nSPS) is 10.8. The van der Waals surface area contributed by atoms with Crippen LogP contribution in [0.1, 0.15) is 16.3 Å². The Morgan fingerprint density at radius 3 is 2.55 bits per heavy atom. The molecule has 146 valence electrons. The van der Waals surface area contributed by atoms with E-state index in [1.807, 2.05) is 0 Å². The molecule has 9 heteroatoms. The molecule has 1 N–H and O–H groups in total. The smallest absolute Gasteiger partial charge is 0.275 e. The quantitative estimate of drug-likeness (QED) is 0.553. The lowest BCUT2D eigenvalue weighted by Gasteiger charge is -2.08. The summed E-state index contributed by atoms with van der Waals surface area (Å²) in [6.07, 6.45) is 0. The summed E-state index contributed by atoms with van der Waals surface area (Å²) in [6.45, 7) is -0.0344. The molecule has 0 aliphatic carbocycles. The maximum absolute atomic E-state index is 12.8. The van der Waals surface area contributed by atoms with Crippen LogP contribution in [0.2, 0.25) is 0 Å². The minimum absolute atomic E-state index is 0.0344. The number of methoxy groups -OCH3 is 1. The third-order valence-electron chi connectivity index (χ3n) is 4.41. The minimum atomic E-state index is -0.387. The van der Waals surface area contributed by atoms with Crippen LogP contribution in [-0.2, 0) is 6.54 Å². The molecular formula is C20H17N5O4. The van der Waals surface area contributed by atoms with E-state index in [9.17, 15) is 9.59 Å². The van der Waals surface area contributed by atoms with Gasteiger partial charge in [-0.2, -0.15) is 10.1 Å². The molecule has 0 saturated carbocycles. The Morgan fingerprint density at radius 2 is 1.86 bits per heavy atom. The number of nitrogens with zero attached hydrogens (tertiary/aromatic N) is 4. The number of ether oxygens (including phenoxy) is 1. The Kier molecular flexibility index (Phi) is 4.78. The second-order valence-corrected chi connectivity index (χ2v) is 6.18. The topological polar surface area (TPSA) is 112 Å². The van der Waals surface area contributed by atoms with Crippen LogP contribution in [0.5, 0.6) is 5.75 Å². The molecule has 9 nitrogen and oxygen atoms in total. The van der Waals surface area contributed by atoms with Crippen molar-refractivity contribution in [2.75, 3.05) is 14.2 Å². The van der Waals surface area contributed by atoms with Crippen LogP contribution in [0, 0.1) is 0 Å². The monoisotopic (exact) mass is 391 g/mol. The van der Waals surface area contributed by atoms with E-state index in [0.29, 0.717) is 22.4 Å². The number of rotatable bonds is 5. The molecule has 0 aliphatic rings. The number of hydrogen-bond donors (Lipinski definition) is 1. The van der Waals surface area contributed by atoms with Crippen LogP contribution in [0.4, 0.5) is 0 Å². The van der Waals surface area contributed by atoms with Gasteiger partial charge in [0.2, 0.25) is 0 Å². The Labute approximate surface area is 164 Å². The Balaban J connectivity index is 1.71. The van der Waals surface area contributed by atoms with Gasteiger partial charge in [-0.3, -0.25) is 9.59 Å². The van der Waals surface area contributed by atoms with Crippen molar-refractivity contribution in [2.24, 2.45) is 0 Å². The summed E-state index contributed by atoms with van der Waals surface area (Å²) in [5, 5.41) is 11.6. The van der Waals surface area contributed by atoms with Gasteiger partial charge in [-0.1, -0.05) is 23.4 Å². The van der Waals surface area contributed by atoms with Gasteiger partial charge < -0.3 is 14.6 Å². The molecule has 0 unspecified atom stereocenters. The molecule has 2 heterocycles. The number of carbonyl (C=O) groups is 1. The van der Waals surface area contributed by atoms with E-state index in [-0.39, 0.29) is 29.5 Å². The zero-order chi connectivity index (χ0) is 20.4. The molecule has 2 aromatic heterocycles. The maximum Gasteiger partial charge on any atom is 0.275 e. The summed E-state index contributed by atoms with van der Waals surface area (Å²) >= 11 is 0. The summed E-state index contributed by atoms with van der Waals surface area (Å²) in [5.41, 5.74) is 0.528. The van der Waals surface area contributed by atoms with Crippen LogP contribution >= 0.6 is 0 Å². The molecule has 0 bridgehead atoms. The number of fused-ring (bicyclic) bond motifs is 1. The predicted molar refractivity (Wildman–Crippen MR) is 105 cm³/mol. The van der Waals surface area contributed by atoms with Gasteiger partial charge in [-0.05, 0) is 30.3 Å². The van der Waals surface area contributed by atoms with E-state index in [0.717, 1.165) is 10.2 Å². The van der Waals surface area contributed by atoms with E-state index < -0.39 is 0 Å². The first-order chi connectivity index (χ1) is 14.1. The average Bonchev–Trinajstić information content (AvgIpc) is 3.24. The summed E-state index contributed by atoms with van der Waals surface area (Å²) in [6, 6.07) is 14.0. The Bertz CT molecular complexity index is 1240. The molecule has 4 aromatic rings. The van der Waals surface area contributed by atoms with Gasteiger partial charge in [-0.15, -0.1) is 0 Å². The summed E-state index contributed by atoms with van der Waals surface area (Å²) in [5.74, 6) is 0.899. The molecule has 0 aliphatic heterocycles. The first-order valence-corrected chi connectivity index (χ1v) is 8.79. The highest BCUT2D eigenvalue weighted by Gasteiger charge is 2.17. The zero-order valence-corrected chi connectivity index (χ0v) is 15.7. The molecule has 29 heavy (non-hydrogen) atoms. The first kappa shape index (κ1) is 18.4. The molecule has 0 spiro atoms. The molecule has 2 aromatic carbocycles. The highest BCUT2D eigenvalue weighted by atomic mass is 16.5. The van der Waals surface area contributed by atoms with E-state index in [1.165, 1.54) is 7.05 Å². The molecule has 0 saturated heterocycles. The SMILES string of the molecule is CNC(=O)c1nn(Cc2noc(-c3ccc(OC)cc3)n2)c(=O)c2ccccc12. The van der Waals surface area contributed by atoms with Gasteiger partial charge in [0.15, 0.2) is 11.5 Å². The molecule has 4 rings (SSSR count). The van der Waals surface area contributed by atoms with Crippen LogP contribution in [0.15, 0.2) is 57.8 Å². The molecule has 0 atom stereocenters. The van der Waals surface area contributed by atoms with Crippen LogP contribution < -0.4 is 15.6 Å². The van der Waals surface area contributed by atoms with Crippen molar-refractivity contribution >= 4 is 16.7 Å². The summed E-state index contributed by atoms with van der Waals surface area (Å²) < 4.78 is 11.6. The van der Waals surface area contributed by atoms with Crippen LogP contribution in [0.25, 0.3) is 22.2 Å². The van der Waals surface area contributed by atoms with Crippen molar-refractivity contribution in [2.45, 2.75) is 6.54 Å². The highest BCUT2D eigenvalue weighted by molar-refractivity contribution is 6.04. The van der Waals surface area contributed by atoms with E-state index in [1.54, 1.807) is 55.6 Å². The van der Waals surface area contributed by atoms with Crippen molar-refractivity contribution in [3.05, 3.63) is 70.4 Å². The predicted octanol–water partition coefficient (Wildman–Crippen LogP) is 1.86. The third-order valence-corrected chi connectivity index (χ3v) is 4.41. The van der Waals surface area contributed by atoms with Gasteiger partial charge in [0, 0.05) is 18.0 Å². The zero-order valence-electron chi connectivity index (χ0n) is 15.7. The number of carbonyl (C=O) groups excluding carboxylic acids is 1. The lowest BCUT2D eigenvalue weighted by atomic mass is 10.1. The van der Waals surface area contributed by atoms with Gasteiger partial charge in [0.25, 0.3) is 17.4 Å². The fourth-order valence-electron chi connectivity index (χ4n) is 2.93. The standard InChI is InChI=1S/C20H17N5O4/c1-21-18(26)17-14-5-3-4-6-15(14)20(27)25(23-17)11-16-22-19(29-24-16)12-7-9-13(28-2)10-8-12/h3-10H,11H2,1-2H3,(H,21,26). The Hall–Kier alpha value is -4.01. The molecular weight excluding hydrogens is 374 g/mol. The Morgan fingerprint density at radius 1 is 1.14 bits per heavy atom. The van der Waals surface area contributed by atoms with E-state index in [4.69, 9.17) is 9.26 Å². The largest absolute Gasteiger partial charge is 0.497 e. The van der Waals surface area contributed by atoms with Gasteiger partial charge in [-0.25, -0.2) is 4.68 Å². The second kappa shape index (κ2) is 7.55. The number of nitrogens with one attached hydrogen (secondary N) is 1. The average molecular weight is 391 g/mol. The molecule has 0 radical (unpaired) electrons.